The van der Waals surface area contributed by atoms with E-state index in [1.807, 2.05) is 0 Å². The number of thiophene rings is 1. The lowest BCUT2D eigenvalue weighted by Gasteiger charge is -2.11. The van der Waals surface area contributed by atoms with Crippen LogP contribution in [0.1, 0.15) is 40.1 Å². The number of fused-ring (bicyclic) bond motifs is 3. The highest BCUT2D eigenvalue weighted by molar-refractivity contribution is 7.99. The number of amides is 2. The largest absolute Gasteiger partial charge is 0.283 e. The highest BCUT2D eigenvalue weighted by Crippen LogP contribution is 2.34. The normalized spacial score (nSPS) is 13.2. The Balaban J connectivity index is 1.49. The third kappa shape index (κ3) is 5.01. The number of thioether (sulfide) groups is 1. The van der Waals surface area contributed by atoms with Crippen molar-refractivity contribution >= 4 is 45.1 Å². The molecule has 2 N–H and O–H groups in total. The van der Waals surface area contributed by atoms with Crippen LogP contribution in [0.25, 0.3) is 10.2 Å². The number of aryl methyl sites for hydroxylation is 2. The lowest BCUT2D eigenvalue weighted by Crippen LogP contribution is -2.42. The van der Waals surface area contributed by atoms with E-state index < -0.39 is 17.6 Å². The van der Waals surface area contributed by atoms with Gasteiger partial charge in [0.05, 0.1) is 16.7 Å². The predicted octanol–water partition coefficient (Wildman–Crippen LogP) is 3.61. The summed E-state index contributed by atoms with van der Waals surface area (Å²) < 4.78 is 15.2. The minimum Gasteiger partial charge on any atom is -0.283 e. The molecule has 0 radical (unpaired) electrons. The van der Waals surface area contributed by atoms with Crippen molar-refractivity contribution < 1.29 is 14.0 Å². The van der Waals surface area contributed by atoms with E-state index in [0.29, 0.717) is 15.4 Å². The van der Waals surface area contributed by atoms with Gasteiger partial charge in [-0.2, -0.15) is 0 Å². The number of rotatable bonds is 6. The van der Waals surface area contributed by atoms with Crippen molar-refractivity contribution in [3.05, 3.63) is 69.1 Å². The molecule has 0 bridgehead atoms. The highest BCUT2D eigenvalue weighted by atomic mass is 32.2. The maximum absolute atomic E-state index is 13.7. The first kappa shape index (κ1) is 23.2. The highest BCUT2D eigenvalue weighted by Gasteiger charge is 2.22. The molecular weight excluding hydrogens is 463 g/mol. The van der Waals surface area contributed by atoms with E-state index in [9.17, 15) is 18.8 Å². The number of halogens is 1. The van der Waals surface area contributed by atoms with Crippen molar-refractivity contribution in [1.82, 2.24) is 20.4 Å². The number of hydrogen-bond donors (Lipinski definition) is 2. The van der Waals surface area contributed by atoms with Gasteiger partial charge in [0.25, 0.3) is 11.5 Å². The molecule has 0 saturated carbocycles. The maximum Gasteiger partial charge on any atom is 0.272 e. The van der Waals surface area contributed by atoms with Gasteiger partial charge in [0, 0.05) is 11.4 Å². The molecule has 2 amide bonds. The summed E-state index contributed by atoms with van der Waals surface area (Å²) in [4.78, 5) is 44.3. The van der Waals surface area contributed by atoms with Gasteiger partial charge < -0.3 is 0 Å². The van der Waals surface area contributed by atoms with Gasteiger partial charge in [-0.15, -0.1) is 17.9 Å². The quantitative estimate of drug-likeness (QED) is 0.183. The molecule has 2 aromatic heterocycles. The van der Waals surface area contributed by atoms with Crippen LogP contribution in [0.3, 0.4) is 0 Å². The summed E-state index contributed by atoms with van der Waals surface area (Å²) in [6, 6.07) is 5.48. The summed E-state index contributed by atoms with van der Waals surface area (Å²) in [5.41, 5.74) is 5.30. The van der Waals surface area contributed by atoms with Gasteiger partial charge >= 0.3 is 0 Å². The molecule has 0 fully saturated rings. The summed E-state index contributed by atoms with van der Waals surface area (Å²) in [5.74, 6) is -2.03. The third-order valence-electron chi connectivity index (χ3n) is 5.37. The SMILES string of the molecule is C=CCn1c(SCC(=O)NNC(=O)c2ccccc2F)nc2sc3c(c2c1=O)CCCCC3. The van der Waals surface area contributed by atoms with E-state index in [2.05, 4.69) is 17.4 Å². The summed E-state index contributed by atoms with van der Waals surface area (Å²) in [6.07, 6.45) is 6.81. The molecule has 0 saturated heterocycles. The first-order valence-corrected chi connectivity index (χ1v) is 12.4. The Kier molecular flexibility index (Phi) is 7.24. The Morgan fingerprint density at radius 3 is 2.79 bits per heavy atom. The summed E-state index contributed by atoms with van der Waals surface area (Å²) >= 11 is 2.66. The number of carbonyl (C=O) groups is 2. The average Bonchev–Trinajstić information content (AvgIpc) is 2.99. The fraction of sp³-hybridized carbons (Fsp3) is 0.304. The van der Waals surface area contributed by atoms with Crippen molar-refractivity contribution in [2.75, 3.05) is 5.75 Å². The second-order valence-corrected chi connectivity index (χ2v) is 9.64. The maximum atomic E-state index is 13.7. The van der Waals surface area contributed by atoms with Crippen LogP contribution in [0.5, 0.6) is 0 Å². The monoisotopic (exact) mass is 486 g/mol. The van der Waals surface area contributed by atoms with Crippen LogP contribution >= 0.6 is 23.1 Å². The predicted molar refractivity (Wildman–Crippen MR) is 128 cm³/mol. The lowest BCUT2D eigenvalue weighted by atomic mass is 10.1. The Morgan fingerprint density at radius 2 is 2.00 bits per heavy atom. The second kappa shape index (κ2) is 10.3. The van der Waals surface area contributed by atoms with Crippen LogP contribution < -0.4 is 16.4 Å². The fourth-order valence-electron chi connectivity index (χ4n) is 3.80. The summed E-state index contributed by atoms with van der Waals surface area (Å²) in [5, 5.41) is 1.10. The summed E-state index contributed by atoms with van der Waals surface area (Å²) in [7, 11) is 0. The molecule has 1 aliphatic rings. The Hall–Kier alpha value is -2.98. The van der Waals surface area contributed by atoms with E-state index >= 15 is 0 Å². The molecular formula is C23H23FN4O3S2. The Morgan fingerprint density at radius 1 is 1.21 bits per heavy atom. The molecule has 0 atom stereocenters. The third-order valence-corrected chi connectivity index (χ3v) is 7.53. The van der Waals surface area contributed by atoms with E-state index in [-0.39, 0.29) is 23.4 Å². The van der Waals surface area contributed by atoms with Crippen molar-refractivity contribution in [2.24, 2.45) is 0 Å². The minimum atomic E-state index is -0.755. The van der Waals surface area contributed by atoms with Gasteiger partial charge in [0.1, 0.15) is 10.6 Å². The smallest absolute Gasteiger partial charge is 0.272 e. The number of hydrazine groups is 1. The molecule has 0 spiro atoms. The van der Waals surface area contributed by atoms with E-state index in [4.69, 9.17) is 4.98 Å². The number of allylic oxidation sites excluding steroid dienone is 1. The van der Waals surface area contributed by atoms with Gasteiger partial charge in [0.15, 0.2) is 5.16 Å². The van der Waals surface area contributed by atoms with E-state index in [0.717, 1.165) is 55.5 Å². The van der Waals surface area contributed by atoms with Crippen LogP contribution in [-0.4, -0.2) is 27.1 Å². The molecule has 3 aromatic rings. The topological polar surface area (TPSA) is 93.1 Å². The van der Waals surface area contributed by atoms with Crippen LogP contribution in [0, 0.1) is 5.82 Å². The molecule has 4 rings (SSSR count). The Bertz CT molecular complexity index is 1280. The molecule has 2 heterocycles. The number of carbonyl (C=O) groups excluding carboxylic acids is 2. The number of nitrogens with one attached hydrogen (secondary N) is 2. The van der Waals surface area contributed by atoms with Gasteiger partial charge in [-0.25, -0.2) is 9.37 Å². The molecule has 10 heteroatoms. The van der Waals surface area contributed by atoms with Gasteiger partial charge in [-0.1, -0.05) is 36.4 Å². The van der Waals surface area contributed by atoms with Crippen molar-refractivity contribution in [2.45, 2.75) is 43.8 Å². The first-order valence-electron chi connectivity index (χ1n) is 10.6. The van der Waals surface area contributed by atoms with Crippen LogP contribution in [0.2, 0.25) is 0 Å². The van der Waals surface area contributed by atoms with Gasteiger partial charge in [-0.3, -0.25) is 29.8 Å². The number of hydrogen-bond acceptors (Lipinski definition) is 6. The van der Waals surface area contributed by atoms with E-state index in [1.165, 1.54) is 27.6 Å². The zero-order valence-electron chi connectivity index (χ0n) is 17.9. The van der Waals surface area contributed by atoms with Crippen LogP contribution in [0.15, 0.2) is 46.9 Å². The standard InChI is InChI=1S/C23H23FN4O3S2/c1-2-12-28-22(31)19-15-9-4-3-5-11-17(15)33-21(19)25-23(28)32-13-18(29)26-27-20(30)14-8-6-7-10-16(14)24/h2,6-8,10H,1,3-5,9,11-13H2,(H,26,29)(H,27,30). The summed E-state index contributed by atoms with van der Waals surface area (Å²) in [6.45, 7) is 4.01. The van der Waals surface area contributed by atoms with Gasteiger partial charge in [-0.05, 0) is 43.4 Å². The fourth-order valence-corrected chi connectivity index (χ4v) is 5.91. The first-order chi connectivity index (χ1) is 16.0. The molecule has 0 aliphatic heterocycles. The molecule has 172 valence electrons. The second-order valence-electron chi connectivity index (χ2n) is 7.61. The van der Waals surface area contributed by atoms with E-state index in [1.54, 1.807) is 17.4 Å². The van der Waals surface area contributed by atoms with Crippen LogP contribution in [0.4, 0.5) is 4.39 Å². The number of benzene rings is 1. The zero-order valence-corrected chi connectivity index (χ0v) is 19.5. The Labute approximate surface area is 198 Å². The molecule has 1 aromatic carbocycles. The van der Waals surface area contributed by atoms with Gasteiger partial charge in [0.2, 0.25) is 5.91 Å². The molecule has 0 unspecified atom stereocenters. The molecule has 7 nitrogen and oxygen atoms in total. The number of aromatic nitrogens is 2. The van der Waals surface area contributed by atoms with Crippen LogP contribution in [-0.2, 0) is 24.2 Å². The number of nitrogens with zero attached hydrogens (tertiary/aromatic N) is 2. The molecule has 1 aliphatic carbocycles. The lowest BCUT2D eigenvalue weighted by molar-refractivity contribution is -0.119. The van der Waals surface area contributed by atoms with Crippen molar-refractivity contribution in [3.8, 4) is 0 Å². The molecule has 33 heavy (non-hydrogen) atoms. The van der Waals surface area contributed by atoms with Crippen molar-refractivity contribution in [3.63, 3.8) is 0 Å². The average molecular weight is 487 g/mol. The minimum absolute atomic E-state index is 0.0856. The van der Waals surface area contributed by atoms with Crippen molar-refractivity contribution in [1.29, 1.82) is 0 Å². The zero-order chi connectivity index (χ0) is 23.4.